The summed E-state index contributed by atoms with van der Waals surface area (Å²) < 4.78 is 24.9. The number of sulfonamides is 1. The predicted molar refractivity (Wildman–Crippen MR) is 82.7 cm³/mol. The zero-order valence-corrected chi connectivity index (χ0v) is 13.1. The number of nitrogens with zero attached hydrogens (tertiary/aromatic N) is 1. The summed E-state index contributed by atoms with van der Waals surface area (Å²) in [6, 6.07) is 7.13. The minimum absolute atomic E-state index is 0.0699. The van der Waals surface area contributed by atoms with E-state index in [2.05, 4.69) is 10.0 Å². The van der Waals surface area contributed by atoms with Crippen molar-refractivity contribution in [2.75, 3.05) is 30.6 Å². The Bertz CT molecular complexity index is 616. The highest BCUT2D eigenvalue weighted by Gasteiger charge is 2.22. The summed E-state index contributed by atoms with van der Waals surface area (Å²) in [4.78, 5) is 14.2. The number of anilines is 1. The van der Waals surface area contributed by atoms with Gasteiger partial charge in [-0.3, -0.25) is 9.52 Å². The zero-order chi connectivity index (χ0) is 15.5. The maximum Gasteiger partial charge on any atom is 0.229 e. The molecule has 0 spiro atoms. The molecule has 1 aliphatic heterocycles. The molecule has 2 N–H and O–H groups in total. The summed E-state index contributed by atoms with van der Waals surface area (Å²) in [6.45, 7) is 4.35. The van der Waals surface area contributed by atoms with Crippen molar-refractivity contribution in [2.45, 2.75) is 19.4 Å². The second-order valence-corrected chi connectivity index (χ2v) is 7.14. The Hall–Kier alpha value is -1.60. The largest absolute Gasteiger partial charge is 0.337 e. The van der Waals surface area contributed by atoms with E-state index in [9.17, 15) is 13.2 Å². The Balaban J connectivity index is 2.05. The van der Waals surface area contributed by atoms with Crippen LogP contribution in [-0.2, 0) is 21.2 Å². The third kappa shape index (κ3) is 4.71. The van der Waals surface area contributed by atoms with Gasteiger partial charge in [-0.25, -0.2) is 8.42 Å². The topological polar surface area (TPSA) is 78.5 Å². The first-order valence-corrected chi connectivity index (χ1v) is 8.81. The first kappa shape index (κ1) is 15.8. The lowest BCUT2D eigenvalue weighted by atomic mass is 10.1. The summed E-state index contributed by atoms with van der Waals surface area (Å²) in [5.41, 5.74) is 1.29. The Kier molecular flexibility index (Phi) is 4.84. The van der Waals surface area contributed by atoms with E-state index < -0.39 is 10.0 Å². The fourth-order valence-corrected chi connectivity index (χ4v) is 3.00. The standard InChI is InChI=1S/C14H21N3O3S/c1-11-10-15-6-7-17(11)14(18)9-12-4-3-5-13(8-12)16-21(2,19)20/h3-5,8,11,15-16H,6-7,9-10H2,1-2H3/t11-/m0/s1. The number of piperazine rings is 1. The number of benzene rings is 1. The van der Waals surface area contributed by atoms with Gasteiger partial charge in [0.25, 0.3) is 0 Å². The molecule has 1 aromatic carbocycles. The van der Waals surface area contributed by atoms with Crippen LogP contribution in [0.25, 0.3) is 0 Å². The molecular formula is C14H21N3O3S. The van der Waals surface area contributed by atoms with Crippen LogP contribution < -0.4 is 10.0 Å². The van der Waals surface area contributed by atoms with Crippen molar-refractivity contribution in [2.24, 2.45) is 0 Å². The Morgan fingerprint density at radius 3 is 2.90 bits per heavy atom. The van der Waals surface area contributed by atoms with Gasteiger partial charge in [0, 0.05) is 31.4 Å². The molecule has 0 unspecified atom stereocenters. The lowest BCUT2D eigenvalue weighted by Crippen LogP contribution is -2.52. The number of nitrogens with one attached hydrogen (secondary N) is 2. The predicted octanol–water partition coefficient (Wildman–Crippen LogP) is 0.421. The van der Waals surface area contributed by atoms with Gasteiger partial charge < -0.3 is 10.2 Å². The zero-order valence-electron chi connectivity index (χ0n) is 12.3. The molecule has 2 rings (SSSR count). The van der Waals surface area contributed by atoms with Gasteiger partial charge in [-0.1, -0.05) is 12.1 Å². The molecular weight excluding hydrogens is 290 g/mol. The highest BCUT2D eigenvalue weighted by molar-refractivity contribution is 7.92. The van der Waals surface area contributed by atoms with Gasteiger partial charge in [-0.05, 0) is 24.6 Å². The number of hydrogen-bond acceptors (Lipinski definition) is 4. The molecule has 0 saturated carbocycles. The molecule has 0 aromatic heterocycles. The van der Waals surface area contributed by atoms with Crippen LogP contribution in [0.4, 0.5) is 5.69 Å². The van der Waals surface area contributed by atoms with Gasteiger partial charge in [0.15, 0.2) is 0 Å². The normalized spacial score (nSPS) is 19.3. The number of rotatable bonds is 4. The molecule has 1 atom stereocenters. The molecule has 1 amide bonds. The van der Waals surface area contributed by atoms with Crippen molar-refractivity contribution in [1.29, 1.82) is 0 Å². The highest BCUT2D eigenvalue weighted by atomic mass is 32.2. The minimum atomic E-state index is -3.31. The lowest BCUT2D eigenvalue weighted by Gasteiger charge is -2.34. The van der Waals surface area contributed by atoms with Crippen LogP contribution in [0.15, 0.2) is 24.3 Å². The van der Waals surface area contributed by atoms with Crippen LogP contribution in [0.1, 0.15) is 12.5 Å². The molecule has 7 heteroatoms. The highest BCUT2D eigenvalue weighted by Crippen LogP contribution is 2.14. The second-order valence-electron chi connectivity index (χ2n) is 5.39. The first-order valence-electron chi connectivity index (χ1n) is 6.92. The quantitative estimate of drug-likeness (QED) is 0.845. The number of hydrogen-bond donors (Lipinski definition) is 2. The van der Waals surface area contributed by atoms with Crippen molar-refractivity contribution < 1.29 is 13.2 Å². The molecule has 6 nitrogen and oxygen atoms in total. The van der Waals surface area contributed by atoms with E-state index in [4.69, 9.17) is 0 Å². The Morgan fingerprint density at radius 2 is 2.24 bits per heavy atom. The van der Waals surface area contributed by atoms with Crippen LogP contribution in [0.5, 0.6) is 0 Å². The van der Waals surface area contributed by atoms with Crippen LogP contribution >= 0.6 is 0 Å². The lowest BCUT2D eigenvalue weighted by molar-refractivity contribution is -0.133. The van der Waals surface area contributed by atoms with Gasteiger partial charge >= 0.3 is 0 Å². The maximum atomic E-state index is 12.3. The summed E-state index contributed by atoms with van der Waals surface area (Å²) in [5, 5.41) is 3.25. The van der Waals surface area contributed by atoms with E-state index in [1.807, 2.05) is 17.9 Å². The molecule has 21 heavy (non-hydrogen) atoms. The van der Waals surface area contributed by atoms with Crippen LogP contribution in [-0.4, -0.2) is 51.2 Å². The van der Waals surface area contributed by atoms with Crippen molar-refractivity contribution in [3.8, 4) is 0 Å². The maximum absolute atomic E-state index is 12.3. The van der Waals surface area contributed by atoms with E-state index in [0.717, 1.165) is 24.9 Å². The summed E-state index contributed by atoms with van der Waals surface area (Å²) in [5.74, 6) is 0.0699. The first-order chi connectivity index (χ1) is 9.85. The molecule has 0 radical (unpaired) electrons. The van der Waals surface area contributed by atoms with E-state index in [0.29, 0.717) is 12.2 Å². The van der Waals surface area contributed by atoms with Crippen molar-refractivity contribution >= 4 is 21.6 Å². The van der Waals surface area contributed by atoms with Crippen molar-refractivity contribution in [1.82, 2.24) is 10.2 Å². The monoisotopic (exact) mass is 311 g/mol. The van der Waals surface area contributed by atoms with Crippen molar-refractivity contribution in [3.05, 3.63) is 29.8 Å². The Labute approximate surface area is 125 Å². The third-order valence-electron chi connectivity index (χ3n) is 3.41. The van der Waals surface area contributed by atoms with Gasteiger partial charge in [0.1, 0.15) is 0 Å². The van der Waals surface area contributed by atoms with Crippen molar-refractivity contribution in [3.63, 3.8) is 0 Å². The van der Waals surface area contributed by atoms with Gasteiger partial charge in [0.2, 0.25) is 15.9 Å². The molecule has 1 saturated heterocycles. The molecule has 116 valence electrons. The third-order valence-corrected chi connectivity index (χ3v) is 4.01. The number of amides is 1. The van der Waals surface area contributed by atoms with Crippen LogP contribution in [0.3, 0.4) is 0 Å². The smallest absolute Gasteiger partial charge is 0.229 e. The average Bonchev–Trinajstić information content (AvgIpc) is 2.37. The fraction of sp³-hybridized carbons (Fsp3) is 0.500. The summed E-state index contributed by atoms with van der Waals surface area (Å²) in [6.07, 6.45) is 1.39. The van der Waals surface area contributed by atoms with E-state index in [1.54, 1.807) is 18.2 Å². The summed E-state index contributed by atoms with van der Waals surface area (Å²) in [7, 11) is -3.31. The molecule has 1 heterocycles. The number of carbonyl (C=O) groups is 1. The van der Waals surface area contributed by atoms with E-state index in [1.165, 1.54) is 0 Å². The van der Waals surface area contributed by atoms with Crippen LogP contribution in [0, 0.1) is 0 Å². The SMILES string of the molecule is C[C@H]1CNCCN1C(=O)Cc1cccc(NS(C)(=O)=O)c1. The Morgan fingerprint density at radius 1 is 1.48 bits per heavy atom. The molecule has 1 aliphatic rings. The fourth-order valence-electron chi connectivity index (χ4n) is 2.45. The molecule has 1 aromatic rings. The number of carbonyl (C=O) groups excluding carboxylic acids is 1. The van der Waals surface area contributed by atoms with E-state index in [-0.39, 0.29) is 18.4 Å². The summed E-state index contributed by atoms with van der Waals surface area (Å²) >= 11 is 0. The van der Waals surface area contributed by atoms with Gasteiger partial charge in [0.05, 0.1) is 12.7 Å². The van der Waals surface area contributed by atoms with Crippen LogP contribution in [0.2, 0.25) is 0 Å². The average molecular weight is 311 g/mol. The molecule has 0 aliphatic carbocycles. The second kappa shape index (κ2) is 6.44. The van der Waals surface area contributed by atoms with Gasteiger partial charge in [-0.15, -0.1) is 0 Å². The van der Waals surface area contributed by atoms with E-state index >= 15 is 0 Å². The molecule has 0 bridgehead atoms. The van der Waals surface area contributed by atoms with Gasteiger partial charge in [-0.2, -0.15) is 0 Å². The molecule has 1 fully saturated rings. The minimum Gasteiger partial charge on any atom is -0.337 e.